The van der Waals surface area contributed by atoms with Crippen molar-refractivity contribution >= 4 is 22.6 Å². The van der Waals surface area contributed by atoms with Gasteiger partial charge in [0.2, 0.25) is 0 Å². The first-order valence-corrected chi connectivity index (χ1v) is 6.51. The number of aryl methyl sites for hydroxylation is 1. The average Bonchev–Trinajstić information content (AvgIpc) is 2.87. The second-order valence-electron chi connectivity index (χ2n) is 5.05. The summed E-state index contributed by atoms with van der Waals surface area (Å²) in [5.41, 5.74) is 1.16. The van der Waals surface area contributed by atoms with Crippen molar-refractivity contribution in [2.75, 3.05) is 11.4 Å². The quantitative estimate of drug-likeness (QED) is 0.897. The van der Waals surface area contributed by atoms with Crippen molar-refractivity contribution in [1.82, 2.24) is 4.98 Å². The van der Waals surface area contributed by atoms with Gasteiger partial charge in [-0.05, 0) is 37.3 Å². The lowest BCUT2D eigenvalue weighted by atomic mass is 10.1. The van der Waals surface area contributed by atoms with Crippen molar-refractivity contribution in [3.05, 3.63) is 36.0 Å². The Bertz CT molecular complexity index is 639. The zero-order valence-corrected chi connectivity index (χ0v) is 10.8. The van der Waals surface area contributed by atoms with Gasteiger partial charge < -0.3 is 10.0 Å². The topological polar surface area (TPSA) is 53.4 Å². The summed E-state index contributed by atoms with van der Waals surface area (Å²) in [7, 11) is 0. The van der Waals surface area contributed by atoms with Crippen LogP contribution < -0.4 is 4.90 Å². The van der Waals surface area contributed by atoms with Gasteiger partial charge in [0.1, 0.15) is 11.9 Å². The molecule has 4 nitrogen and oxygen atoms in total. The summed E-state index contributed by atoms with van der Waals surface area (Å²) >= 11 is 0. The van der Waals surface area contributed by atoms with E-state index in [1.807, 2.05) is 17.9 Å². The Morgan fingerprint density at radius 3 is 3.05 bits per heavy atom. The monoisotopic (exact) mass is 256 g/mol. The van der Waals surface area contributed by atoms with Crippen LogP contribution in [-0.4, -0.2) is 28.6 Å². The third-order valence-corrected chi connectivity index (χ3v) is 3.71. The van der Waals surface area contributed by atoms with Gasteiger partial charge in [0.05, 0.1) is 0 Å². The standard InChI is InChI=1S/C15H16N2O2/c1-10-4-5-11-6-7-16-14(12(11)9-10)17-8-2-3-13(17)15(18)19/h4-7,9,13H,2-3,8H2,1H3,(H,18,19). The van der Waals surface area contributed by atoms with Gasteiger partial charge in [-0.15, -0.1) is 0 Å². The van der Waals surface area contributed by atoms with Gasteiger partial charge in [0.15, 0.2) is 0 Å². The van der Waals surface area contributed by atoms with Crippen LogP contribution in [0, 0.1) is 6.92 Å². The molecule has 1 unspecified atom stereocenters. The van der Waals surface area contributed by atoms with E-state index in [4.69, 9.17) is 0 Å². The third-order valence-electron chi connectivity index (χ3n) is 3.71. The smallest absolute Gasteiger partial charge is 0.326 e. The van der Waals surface area contributed by atoms with Crippen LogP contribution in [0.15, 0.2) is 30.5 Å². The van der Waals surface area contributed by atoms with Gasteiger partial charge in [0.25, 0.3) is 0 Å². The van der Waals surface area contributed by atoms with Crippen molar-refractivity contribution < 1.29 is 9.90 Å². The third kappa shape index (κ3) is 2.03. The summed E-state index contributed by atoms with van der Waals surface area (Å²) in [5.74, 6) is 0.0371. The van der Waals surface area contributed by atoms with Gasteiger partial charge in [-0.1, -0.05) is 17.7 Å². The number of hydrogen-bond donors (Lipinski definition) is 1. The number of anilines is 1. The predicted molar refractivity (Wildman–Crippen MR) is 74.5 cm³/mol. The van der Waals surface area contributed by atoms with E-state index >= 15 is 0 Å². The lowest BCUT2D eigenvalue weighted by Gasteiger charge is -2.23. The van der Waals surface area contributed by atoms with E-state index in [-0.39, 0.29) is 0 Å². The molecule has 1 fully saturated rings. The Labute approximate surface area is 111 Å². The number of pyridine rings is 1. The first-order chi connectivity index (χ1) is 9.16. The van der Waals surface area contributed by atoms with E-state index in [0.29, 0.717) is 6.42 Å². The lowest BCUT2D eigenvalue weighted by Crippen LogP contribution is -2.36. The number of carbonyl (C=O) groups is 1. The maximum Gasteiger partial charge on any atom is 0.326 e. The molecule has 98 valence electrons. The van der Waals surface area contributed by atoms with Crippen LogP contribution in [0.4, 0.5) is 5.82 Å². The number of rotatable bonds is 2. The molecule has 1 N–H and O–H groups in total. The van der Waals surface area contributed by atoms with Crippen LogP contribution in [0.2, 0.25) is 0 Å². The van der Waals surface area contributed by atoms with E-state index in [1.54, 1.807) is 6.20 Å². The molecule has 1 aromatic heterocycles. The van der Waals surface area contributed by atoms with Crippen LogP contribution in [0.3, 0.4) is 0 Å². The molecule has 1 aliphatic rings. The fraction of sp³-hybridized carbons (Fsp3) is 0.333. The minimum absolute atomic E-state index is 0.446. The molecule has 0 bridgehead atoms. The second-order valence-corrected chi connectivity index (χ2v) is 5.05. The molecule has 0 saturated carbocycles. The molecule has 0 spiro atoms. The number of hydrogen-bond acceptors (Lipinski definition) is 3. The normalized spacial score (nSPS) is 19.0. The van der Waals surface area contributed by atoms with Crippen LogP contribution in [0.25, 0.3) is 10.8 Å². The fourth-order valence-electron chi connectivity index (χ4n) is 2.77. The number of aliphatic carboxylic acids is 1. The Kier molecular flexibility index (Phi) is 2.85. The molecule has 0 radical (unpaired) electrons. The second kappa shape index (κ2) is 4.53. The summed E-state index contributed by atoms with van der Waals surface area (Å²) in [6.07, 6.45) is 3.35. The summed E-state index contributed by atoms with van der Waals surface area (Å²) in [5, 5.41) is 11.4. The molecule has 1 atom stereocenters. The zero-order valence-electron chi connectivity index (χ0n) is 10.8. The lowest BCUT2D eigenvalue weighted by molar-refractivity contribution is -0.138. The number of carboxylic acids is 1. The number of fused-ring (bicyclic) bond motifs is 1. The Morgan fingerprint density at radius 2 is 2.26 bits per heavy atom. The van der Waals surface area contributed by atoms with Crippen molar-refractivity contribution in [3.63, 3.8) is 0 Å². The highest BCUT2D eigenvalue weighted by Gasteiger charge is 2.32. The average molecular weight is 256 g/mol. The summed E-state index contributed by atoms with van der Waals surface area (Å²) in [4.78, 5) is 17.7. The highest BCUT2D eigenvalue weighted by molar-refractivity contribution is 5.94. The fourth-order valence-corrected chi connectivity index (χ4v) is 2.77. The minimum Gasteiger partial charge on any atom is -0.480 e. The molecule has 19 heavy (non-hydrogen) atoms. The Balaban J connectivity index is 2.14. The number of aromatic nitrogens is 1. The van der Waals surface area contributed by atoms with E-state index in [0.717, 1.165) is 35.1 Å². The van der Waals surface area contributed by atoms with Gasteiger partial charge in [-0.25, -0.2) is 9.78 Å². The number of nitrogens with zero attached hydrogens (tertiary/aromatic N) is 2. The van der Waals surface area contributed by atoms with Crippen LogP contribution >= 0.6 is 0 Å². The van der Waals surface area contributed by atoms with E-state index in [9.17, 15) is 9.90 Å². The maximum atomic E-state index is 11.3. The molecule has 4 heteroatoms. The highest BCUT2D eigenvalue weighted by atomic mass is 16.4. The van der Waals surface area contributed by atoms with Gasteiger partial charge in [0, 0.05) is 18.1 Å². The Hall–Kier alpha value is -2.10. The number of carboxylic acid groups (broad SMARTS) is 1. The predicted octanol–water partition coefficient (Wildman–Crippen LogP) is 2.60. The van der Waals surface area contributed by atoms with Crippen molar-refractivity contribution in [3.8, 4) is 0 Å². The van der Waals surface area contributed by atoms with Crippen molar-refractivity contribution in [2.24, 2.45) is 0 Å². The first kappa shape index (κ1) is 12.0. The highest BCUT2D eigenvalue weighted by Crippen LogP contribution is 2.30. The van der Waals surface area contributed by atoms with Crippen LogP contribution in [0.1, 0.15) is 18.4 Å². The largest absolute Gasteiger partial charge is 0.480 e. The summed E-state index contributed by atoms with van der Waals surface area (Å²) in [6, 6.07) is 7.71. The first-order valence-electron chi connectivity index (χ1n) is 6.51. The molecular formula is C15H16N2O2. The minimum atomic E-state index is -0.760. The molecule has 1 saturated heterocycles. The molecule has 2 aromatic rings. The van der Waals surface area contributed by atoms with Crippen LogP contribution in [-0.2, 0) is 4.79 Å². The molecule has 1 aromatic carbocycles. The molecule has 2 heterocycles. The summed E-state index contributed by atoms with van der Waals surface area (Å²) < 4.78 is 0. The molecular weight excluding hydrogens is 240 g/mol. The van der Waals surface area contributed by atoms with Gasteiger partial charge in [-0.2, -0.15) is 0 Å². The van der Waals surface area contributed by atoms with Gasteiger partial charge in [-0.3, -0.25) is 0 Å². The molecule has 0 aliphatic carbocycles. The van der Waals surface area contributed by atoms with Crippen molar-refractivity contribution in [1.29, 1.82) is 0 Å². The van der Waals surface area contributed by atoms with Crippen molar-refractivity contribution in [2.45, 2.75) is 25.8 Å². The van der Waals surface area contributed by atoms with E-state index in [2.05, 4.69) is 23.2 Å². The van der Waals surface area contributed by atoms with Crippen LogP contribution in [0.5, 0.6) is 0 Å². The molecule has 1 aliphatic heterocycles. The summed E-state index contributed by atoms with van der Waals surface area (Å²) in [6.45, 7) is 2.80. The number of benzene rings is 1. The molecule has 0 amide bonds. The SMILES string of the molecule is Cc1ccc2ccnc(N3CCCC3C(=O)O)c2c1. The maximum absolute atomic E-state index is 11.3. The van der Waals surface area contributed by atoms with Gasteiger partial charge >= 0.3 is 5.97 Å². The van der Waals surface area contributed by atoms with E-state index < -0.39 is 12.0 Å². The van der Waals surface area contributed by atoms with E-state index in [1.165, 1.54) is 0 Å². The molecule has 3 rings (SSSR count). The zero-order chi connectivity index (χ0) is 13.4. The Morgan fingerprint density at radius 1 is 1.42 bits per heavy atom.